The van der Waals surface area contributed by atoms with E-state index in [9.17, 15) is 4.79 Å². The van der Waals surface area contributed by atoms with Gasteiger partial charge in [-0.2, -0.15) is 0 Å². The van der Waals surface area contributed by atoms with Crippen molar-refractivity contribution in [2.45, 2.75) is 20.0 Å². The SMILES string of the molecule is CB(O)O[C@H](C)N(C)C=O. The van der Waals surface area contributed by atoms with Crippen LogP contribution in [0, 0.1) is 0 Å². The molecule has 0 bridgehead atoms. The summed E-state index contributed by atoms with van der Waals surface area (Å²) in [7, 11) is 0.748. The molecule has 0 aromatic carbocycles. The predicted molar refractivity (Wildman–Crippen MR) is 38.2 cm³/mol. The Hall–Kier alpha value is -0.545. The Bertz CT molecular complexity index is 109. The molecule has 1 N–H and O–H groups in total. The summed E-state index contributed by atoms with van der Waals surface area (Å²) in [6.45, 7) is 3.18. The minimum atomic E-state index is -0.836. The van der Waals surface area contributed by atoms with Crippen LogP contribution >= 0.6 is 0 Å². The molecule has 0 aliphatic rings. The summed E-state index contributed by atoms with van der Waals surface area (Å²) in [6.07, 6.45) is 0.269. The van der Waals surface area contributed by atoms with E-state index in [-0.39, 0.29) is 6.23 Å². The Morgan fingerprint density at radius 1 is 1.80 bits per heavy atom. The summed E-state index contributed by atoms with van der Waals surface area (Å²) in [5.41, 5.74) is 0. The van der Waals surface area contributed by atoms with Gasteiger partial charge in [-0.05, 0) is 13.7 Å². The molecule has 0 aliphatic heterocycles. The minimum absolute atomic E-state index is 0.377. The average Bonchev–Trinajstić information content (AvgIpc) is 1.85. The van der Waals surface area contributed by atoms with E-state index in [4.69, 9.17) is 9.68 Å². The molecule has 0 aromatic rings. The Kier molecular flexibility index (Phi) is 4.06. The number of hydrogen-bond donors (Lipinski definition) is 1. The fourth-order valence-corrected chi connectivity index (χ4v) is 0.467. The van der Waals surface area contributed by atoms with Crippen LogP contribution in [0.25, 0.3) is 0 Å². The molecule has 0 unspecified atom stereocenters. The first-order valence-electron chi connectivity index (χ1n) is 3.08. The third-order valence-electron chi connectivity index (χ3n) is 1.13. The lowest BCUT2D eigenvalue weighted by Crippen LogP contribution is -2.34. The third-order valence-corrected chi connectivity index (χ3v) is 1.13. The molecule has 0 saturated heterocycles. The lowest BCUT2D eigenvalue weighted by atomic mass is 9.97. The van der Waals surface area contributed by atoms with Crippen LogP contribution in [0.3, 0.4) is 0 Å². The molecule has 10 heavy (non-hydrogen) atoms. The van der Waals surface area contributed by atoms with E-state index in [0.717, 1.165) is 0 Å². The number of amides is 1. The topological polar surface area (TPSA) is 49.8 Å². The molecule has 0 rings (SSSR count). The van der Waals surface area contributed by atoms with Gasteiger partial charge < -0.3 is 14.6 Å². The van der Waals surface area contributed by atoms with Gasteiger partial charge in [0, 0.05) is 7.05 Å². The van der Waals surface area contributed by atoms with Crippen molar-refractivity contribution >= 4 is 13.5 Å². The van der Waals surface area contributed by atoms with Crippen LogP contribution in [-0.2, 0) is 9.45 Å². The molecular weight excluding hydrogens is 133 g/mol. The molecule has 0 aromatic heterocycles. The zero-order valence-corrected chi connectivity index (χ0v) is 6.44. The van der Waals surface area contributed by atoms with Crippen molar-refractivity contribution in [2.75, 3.05) is 7.05 Å². The number of carbonyl (C=O) groups excluding carboxylic acids is 1. The van der Waals surface area contributed by atoms with E-state index in [1.54, 1.807) is 14.0 Å². The zero-order chi connectivity index (χ0) is 8.15. The van der Waals surface area contributed by atoms with Crippen LogP contribution < -0.4 is 0 Å². The second-order valence-electron chi connectivity index (χ2n) is 2.11. The summed E-state index contributed by atoms with van der Waals surface area (Å²) in [6, 6.07) is 0. The maximum Gasteiger partial charge on any atom is 0.452 e. The fourth-order valence-electron chi connectivity index (χ4n) is 0.467. The second-order valence-corrected chi connectivity index (χ2v) is 2.11. The van der Waals surface area contributed by atoms with Gasteiger partial charge in [-0.1, -0.05) is 0 Å². The predicted octanol–water partition coefficient (Wildman–Crippen LogP) is -0.453. The lowest BCUT2D eigenvalue weighted by Gasteiger charge is -2.20. The molecule has 1 amide bonds. The number of rotatable bonds is 4. The van der Waals surface area contributed by atoms with E-state index >= 15 is 0 Å². The average molecular weight is 145 g/mol. The first-order chi connectivity index (χ1) is 4.57. The van der Waals surface area contributed by atoms with Gasteiger partial charge in [-0.25, -0.2) is 0 Å². The van der Waals surface area contributed by atoms with Gasteiger partial charge in [0.1, 0.15) is 6.23 Å². The summed E-state index contributed by atoms with van der Waals surface area (Å²) in [5, 5.41) is 8.70. The Balaban J connectivity index is 3.60. The fraction of sp³-hybridized carbons (Fsp3) is 0.800. The van der Waals surface area contributed by atoms with E-state index in [1.165, 1.54) is 11.7 Å². The Morgan fingerprint density at radius 2 is 2.30 bits per heavy atom. The number of hydrogen-bond acceptors (Lipinski definition) is 3. The van der Waals surface area contributed by atoms with Crippen molar-refractivity contribution in [3.63, 3.8) is 0 Å². The van der Waals surface area contributed by atoms with Gasteiger partial charge in [-0.15, -0.1) is 0 Å². The Morgan fingerprint density at radius 3 is 2.60 bits per heavy atom. The Labute approximate surface area is 60.9 Å². The van der Waals surface area contributed by atoms with E-state index in [2.05, 4.69) is 0 Å². The van der Waals surface area contributed by atoms with Crippen molar-refractivity contribution in [3.05, 3.63) is 0 Å². The lowest BCUT2D eigenvalue weighted by molar-refractivity contribution is -0.123. The van der Waals surface area contributed by atoms with Gasteiger partial charge in [0.25, 0.3) is 0 Å². The summed E-state index contributed by atoms with van der Waals surface area (Å²) in [4.78, 5) is 11.4. The molecule has 5 heteroatoms. The molecule has 0 fully saturated rings. The maximum absolute atomic E-state index is 10.1. The van der Waals surface area contributed by atoms with Crippen LogP contribution in [0.2, 0.25) is 6.82 Å². The van der Waals surface area contributed by atoms with Crippen molar-refractivity contribution in [2.24, 2.45) is 0 Å². The molecule has 0 saturated carbocycles. The van der Waals surface area contributed by atoms with Crippen LogP contribution in [0.4, 0.5) is 0 Å². The van der Waals surface area contributed by atoms with Gasteiger partial charge in [0.2, 0.25) is 6.41 Å². The minimum Gasteiger partial charge on any atom is -0.427 e. The monoisotopic (exact) mass is 145 g/mol. The van der Waals surface area contributed by atoms with Crippen LogP contribution in [0.15, 0.2) is 0 Å². The van der Waals surface area contributed by atoms with Crippen molar-refractivity contribution in [1.82, 2.24) is 4.90 Å². The van der Waals surface area contributed by atoms with Gasteiger partial charge in [-0.3, -0.25) is 4.79 Å². The van der Waals surface area contributed by atoms with Crippen LogP contribution in [-0.4, -0.2) is 36.7 Å². The molecule has 0 spiro atoms. The van der Waals surface area contributed by atoms with Crippen LogP contribution in [0.5, 0.6) is 0 Å². The van der Waals surface area contributed by atoms with E-state index in [1.807, 2.05) is 0 Å². The van der Waals surface area contributed by atoms with Crippen molar-refractivity contribution in [3.8, 4) is 0 Å². The normalized spacial score (nSPS) is 12.4. The van der Waals surface area contributed by atoms with Crippen molar-refractivity contribution in [1.29, 1.82) is 0 Å². The molecule has 0 aliphatic carbocycles. The van der Waals surface area contributed by atoms with E-state index in [0.29, 0.717) is 6.41 Å². The molecule has 0 heterocycles. The molecule has 58 valence electrons. The second kappa shape index (κ2) is 4.30. The van der Waals surface area contributed by atoms with Crippen LogP contribution in [0.1, 0.15) is 6.92 Å². The standard InChI is InChI=1S/C5H12BNO3/c1-5(7(3)4-8)10-6(2)9/h4-5,9H,1-3H3/t5-/m1/s1. The zero-order valence-electron chi connectivity index (χ0n) is 6.44. The molecular formula is C5H12BNO3. The highest BCUT2D eigenvalue weighted by atomic mass is 16.5. The molecule has 4 nitrogen and oxygen atoms in total. The van der Waals surface area contributed by atoms with Gasteiger partial charge in [0.15, 0.2) is 0 Å². The molecule has 1 atom stereocenters. The maximum atomic E-state index is 10.1. The largest absolute Gasteiger partial charge is 0.452 e. The quantitative estimate of drug-likeness (QED) is 0.331. The summed E-state index contributed by atoms with van der Waals surface area (Å²) in [5.74, 6) is 0. The molecule has 0 radical (unpaired) electrons. The van der Waals surface area contributed by atoms with Crippen molar-refractivity contribution < 1.29 is 14.5 Å². The van der Waals surface area contributed by atoms with E-state index < -0.39 is 7.12 Å². The smallest absolute Gasteiger partial charge is 0.427 e. The number of nitrogens with zero attached hydrogens (tertiary/aromatic N) is 1. The summed E-state index contributed by atoms with van der Waals surface area (Å²) < 4.78 is 4.85. The first kappa shape index (κ1) is 9.45. The third kappa shape index (κ3) is 3.47. The number of carbonyl (C=O) groups is 1. The highest BCUT2D eigenvalue weighted by molar-refractivity contribution is 6.40. The van der Waals surface area contributed by atoms with Gasteiger partial charge >= 0.3 is 7.12 Å². The van der Waals surface area contributed by atoms with Gasteiger partial charge in [0.05, 0.1) is 0 Å². The highest BCUT2D eigenvalue weighted by Crippen LogP contribution is 1.94. The summed E-state index contributed by atoms with van der Waals surface area (Å²) >= 11 is 0. The highest BCUT2D eigenvalue weighted by Gasteiger charge is 2.12. The first-order valence-corrected chi connectivity index (χ1v) is 3.08.